The standard InChI is InChI=1S/C16H24FN3O/c1-15-2-5-16(6-3-15,7-4-15)19-10-14(21)20-11-12(17)8-13(20)9-18/h12-13,19H,2-8,10-11H2,1H3/t12-,13?,15?,16?/m0/s1. The first-order valence-corrected chi connectivity index (χ1v) is 8.04. The van der Waals surface area contributed by atoms with Crippen LogP contribution in [-0.4, -0.2) is 41.6 Å². The molecule has 2 bridgehead atoms. The number of carbonyl (C=O) groups excluding carboxylic acids is 1. The van der Waals surface area contributed by atoms with E-state index in [-0.39, 0.29) is 31.0 Å². The Balaban J connectivity index is 1.56. The van der Waals surface area contributed by atoms with E-state index in [1.165, 1.54) is 24.2 Å². The number of nitrogens with one attached hydrogen (secondary N) is 1. The van der Waals surface area contributed by atoms with Crippen LogP contribution in [0.4, 0.5) is 4.39 Å². The Bertz CT molecular complexity index is 448. The highest BCUT2D eigenvalue weighted by molar-refractivity contribution is 5.79. The second kappa shape index (κ2) is 5.24. The smallest absolute Gasteiger partial charge is 0.237 e. The highest BCUT2D eigenvalue weighted by atomic mass is 19.1. The van der Waals surface area contributed by atoms with Crippen LogP contribution >= 0.6 is 0 Å². The fourth-order valence-corrected chi connectivity index (χ4v) is 4.19. The average Bonchev–Trinajstić information content (AvgIpc) is 2.88. The van der Waals surface area contributed by atoms with Gasteiger partial charge in [0.15, 0.2) is 0 Å². The Kier molecular flexibility index (Phi) is 3.69. The quantitative estimate of drug-likeness (QED) is 0.867. The summed E-state index contributed by atoms with van der Waals surface area (Å²) in [5.41, 5.74) is 0.611. The number of carbonyl (C=O) groups is 1. The summed E-state index contributed by atoms with van der Waals surface area (Å²) in [6.45, 7) is 2.68. The van der Waals surface area contributed by atoms with Gasteiger partial charge in [0.1, 0.15) is 12.2 Å². The van der Waals surface area contributed by atoms with Crippen molar-refractivity contribution in [3.05, 3.63) is 0 Å². The molecule has 2 atom stereocenters. The molecule has 0 aromatic carbocycles. The molecule has 116 valence electrons. The van der Waals surface area contributed by atoms with Crippen LogP contribution in [0.1, 0.15) is 51.9 Å². The minimum atomic E-state index is -1.05. The van der Waals surface area contributed by atoms with Gasteiger partial charge in [0.2, 0.25) is 5.91 Å². The number of amides is 1. The van der Waals surface area contributed by atoms with Crippen molar-refractivity contribution >= 4 is 5.91 Å². The summed E-state index contributed by atoms with van der Waals surface area (Å²) >= 11 is 0. The Morgan fingerprint density at radius 2 is 1.95 bits per heavy atom. The maximum absolute atomic E-state index is 13.4. The zero-order valence-electron chi connectivity index (χ0n) is 12.7. The minimum Gasteiger partial charge on any atom is -0.323 e. The van der Waals surface area contributed by atoms with Gasteiger partial charge in [-0.1, -0.05) is 6.92 Å². The van der Waals surface area contributed by atoms with E-state index in [0.29, 0.717) is 5.41 Å². The van der Waals surface area contributed by atoms with Gasteiger partial charge in [-0.2, -0.15) is 5.26 Å². The Morgan fingerprint density at radius 1 is 1.33 bits per heavy atom. The van der Waals surface area contributed by atoms with Gasteiger partial charge in [0.05, 0.1) is 19.2 Å². The van der Waals surface area contributed by atoms with Gasteiger partial charge < -0.3 is 10.2 Å². The molecule has 21 heavy (non-hydrogen) atoms. The molecule has 1 aliphatic heterocycles. The third kappa shape index (κ3) is 2.78. The van der Waals surface area contributed by atoms with Crippen LogP contribution in [0.5, 0.6) is 0 Å². The zero-order chi connectivity index (χ0) is 15.1. The minimum absolute atomic E-state index is 0.0732. The molecule has 1 unspecified atom stereocenters. The molecule has 4 fully saturated rings. The van der Waals surface area contributed by atoms with Crippen molar-refractivity contribution in [1.82, 2.24) is 10.2 Å². The van der Waals surface area contributed by atoms with Crippen LogP contribution in [0.2, 0.25) is 0 Å². The van der Waals surface area contributed by atoms with Crippen LogP contribution in [0.3, 0.4) is 0 Å². The first-order chi connectivity index (χ1) is 9.95. The van der Waals surface area contributed by atoms with Gasteiger partial charge in [0.25, 0.3) is 0 Å². The molecule has 0 radical (unpaired) electrons. The third-order valence-corrected chi connectivity index (χ3v) is 5.96. The Morgan fingerprint density at radius 3 is 2.52 bits per heavy atom. The van der Waals surface area contributed by atoms with E-state index < -0.39 is 12.2 Å². The van der Waals surface area contributed by atoms with Crippen molar-refractivity contribution in [2.75, 3.05) is 13.1 Å². The monoisotopic (exact) mass is 293 g/mol. The van der Waals surface area contributed by atoms with Crippen molar-refractivity contribution in [2.24, 2.45) is 5.41 Å². The van der Waals surface area contributed by atoms with Gasteiger partial charge in [-0.3, -0.25) is 4.79 Å². The molecule has 0 spiro atoms. The summed E-state index contributed by atoms with van der Waals surface area (Å²) in [4.78, 5) is 13.7. The predicted octanol–water partition coefficient (Wildman–Crippen LogP) is 2.15. The molecule has 4 nitrogen and oxygen atoms in total. The van der Waals surface area contributed by atoms with Gasteiger partial charge >= 0.3 is 0 Å². The van der Waals surface area contributed by atoms with E-state index >= 15 is 0 Å². The number of hydrogen-bond acceptors (Lipinski definition) is 3. The first-order valence-electron chi connectivity index (χ1n) is 8.04. The molecule has 0 aromatic heterocycles. The van der Waals surface area contributed by atoms with Gasteiger partial charge in [-0.05, 0) is 43.9 Å². The fourth-order valence-electron chi connectivity index (χ4n) is 4.19. The molecule has 3 saturated carbocycles. The number of likely N-dealkylation sites (tertiary alicyclic amines) is 1. The van der Waals surface area contributed by atoms with E-state index in [1.807, 2.05) is 6.07 Å². The summed E-state index contributed by atoms with van der Waals surface area (Å²) in [7, 11) is 0. The van der Waals surface area contributed by atoms with E-state index in [0.717, 1.165) is 19.3 Å². The lowest BCUT2D eigenvalue weighted by atomic mass is 9.58. The number of fused-ring (bicyclic) bond motifs is 3. The van der Waals surface area contributed by atoms with Crippen molar-refractivity contribution in [3.63, 3.8) is 0 Å². The maximum Gasteiger partial charge on any atom is 0.237 e. The summed E-state index contributed by atoms with van der Waals surface area (Å²) in [6.07, 6.45) is 6.17. The predicted molar refractivity (Wildman–Crippen MR) is 77.2 cm³/mol. The van der Waals surface area contributed by atoms with Crippen molar-refractivity contribution in [1.29, 1.82) is 5.26 Å². The van der Waals surface area contributed by atoms with Crippen molar-refractivity contribution in [3.8, 4) is 6.07 Å². The maximum atomic E-state index is 13.4. The second-order valence-corrected chi connectivity index (χ2v) is 7.47. The Hall–Kier alpha value is -1.15. The highest BCUT2D eigenvalue weighted by Crippen LogP contribution is 2.51. The number of hydrogen-bond donors (Lipinski definition) is 1. The largest absolute Gasteiger partial charge is 0.323 e. The van der Waals surface area contributed by atoms with Gasteiger partial charge in [-0.15, -0.1) is 0 Å². The fraction of sp³-hybridized carbons (Fsp3) is 0.875. The third-order valence-electron chi connectivity index (χ3n) is 5.96. The van der Waals surface area contributed by atoms with Gasteiger partial charge in [-0.25, -0.2) is 4.39 Å². The molecule has 1 heterocycles. The summed E-state index contributed by atoms with van der Waals surface area (Å²) in [5, 5.41) is 12.5. The molecule has 4 rings (SSSR count). The lowest BCUT2D eigenvalue weighted by Gasteiger charge is -2.52. The molecule has 1 amide bonds. The van der Waals surface area contributed by atoms with E-state index in [1.54, 1.807) is 0 Å². The van der Waals surface area contributed by atoms with Crippen molar-refractivity contribution in [2.45, 2.75) is 69.6 Å². The molecule has 4 aliphatic rings. The van der Waals surface area contributed by atoms with E-state index in [4.69, 9.17) is 5.26 Å². The SMILES string of the molecule is CC12CCC(NCC(=O)N3C[C@@H](F)CC3C#N)(CC1)CC2. The summed E-state index contributed by atoms with van der Waals surface area (Å²) in [5.74, 6) is -0.130. The molecular weight excluding hydrogens is 269 g/mol. The molecule has 1 N–H and O–H groups in total. The van der Waals surface area contributed by atoms with Crippen LogP contribution in [0.25, 0.3) is 0 Å². The zero-order valence-corrected chi connectivity index (χ0v) is 12.7. The molecule has 1 saturated heterocycles. The summed E-state index contributed by atoms with van der Waals surface area (Å²) in [6, 6.07) is 1.45. The van der Waals surface area contributed by atoms with Crippen LogP contribution < -0.4 is 5.32 Å². The number of rotatable bonds is 3. The average molecular weight is 293 g/mol. The second-order valence-electron chi connectivity index (χ2n) is 7.47. The Labute approximate surface area is 125 Å². The highest BCUT2D eigenvalue weighted by Gasteiger charge is 2.46. The number of alkyl halides is 1. The number of nitrogens with zero attached hydrogens (tertiary/aromatic N) is 2. The normalized spacial score (nSPS) is 42.0. The lowest BCUT2D eigenvalue weighted by molar-refractivity contribution is -0.131. The lowest BCUT2D eigenvalue weighted by Crippen LogP contribution is -2.56. The molecular formula is C16H24FN3O. The number of nitriles is 1. The molecule has 5 heteroatoms. The first kappa shape index (κ1) is 14.8. The summed E-state index contributed by atoms with van der Waals surface area (Å²) < 4.78 is 13.4. The van der Waals surface area contributed by atoms with Crippen LogP contribution in [0.15, 0.2) is 0 Å². The van der Waals surface area contributed by atoms with E-state index in [2.05, 4.69) is 12.2 Å². The van der Waals surface area contributed by atoms with Crippen LogP contribution in [-0.2, 0) is 4.79 Å². The van der Waals surface area contributed by atoms with Crippen molar-refractivity contribution < 1.29 is 9.18 Å². The topological polar surface area (TPSA) is 56.1 Å². The molecule has 0 aromatic rings. The molecule has 3 aliphatic carbocycles. The number of halogens is 1. The van der Waals surface area contributed by atoms with Gasteiger partial charge in [0, 0.05) is 12.0 Å². The van der Waals surface area contributed by atoms with Crippen LogP contribution in [0, 0.1) is 16.7 Å². The van der Waals surface area contributed by atoms with E-state index in [9.17, 15) is 9.18 Å².